The molecule has 0 radical (unpaired) electrons. The highest BCUT2D eigenvalue weighted by Crippen LogP contribution is 2.30. The lowest BCUT2D eigenvalue weighted by Crippen LogP contribution is -2.32. The van der Waals surface area contributed by atoms with Crippen LogP contribution in [0.3, 0.4) is 0 Å². The van der Waals surface area contributed by atoms with Gasteiger partial charge in [0.05, 0.1) is 5.75 Å². The van der Waals surface area contributed by atoms with Gasteiger partial charge in [-0.05, 0) is 17.7 Å². The summed E-state index contributed by atoms with van der Waals surface area (Å²) < 4.78 is 0. The van der Waals surface area contributed by atoms with Crippen LogP contribution in [0.4, 0.5) is 5.69 Å². The summed E-state index contributed by atoms with van der Waals surface area (Å²) >= 11 is 1.35. The number of benzene rings is 2. The normalized spacial score (nSPS) is 11.6. The predicted octanol–water partition coefficient (Wildman–Crippen LogP) is 2.51. The van der Waals surface area contributed by atoms with Crippen LogP contribution < -0.4 is 11.1 Å². The molecule has 0 aliphatic carbocycles. The minimum atomic E-state index is -0.503. The first-order valence-electron chi connectivity index (χ1n) is 7.52. The molecule has 126 valence electrons. The number of nitrogens with zero attached hydrogens (tertiary/aromatic N) is 1. The Balaban J connectivity index is 2.30. The Morgan fingerprint density at radius 1 is 1.08 bits per heavy atom. The van der Waals surface area contributed by atoms with Gasteiger partial charge in [0.15, 0.2) is 0 Å². The van der Waals surface area contributed by atoms with Crippen molar-refractivity contribution in [1.29, 1.82) is 0 Å². The van der Waals surface area contributed by atoms with Gasteiger partial charge in [-0.15, -0.1) is 11.8 Å². The molecule has 2 amide bonds. The Bertz CT molecular complexity index is 704. The summed E-state index contributed by atoms with van der Waals surface area (Å²) in [5.41, 5.74) is 6.91. The fourth-order valence-corrected chi connectivity index (χ4v) is 2.96. The number of carbonyl (C=O) groups is 2. The van der Waals surface area contributed by atoms with E-state index in [2.05, 4.69) is 5.32 Å². The highest BCUT2D eigenvalue weighted by molar-refractivity contribution is 8.00. The third kappa shape index (κ3) is 4.76. The van der Waals surface area contributed by atoms with Gasteiger partial charge in [-0.1, -0.05) is 42.5 Å². The molecular formula is C18H21N3O2S. The lowest BCUT2D eigenvalue weighted by atomic mass is 10.1. The summed E-state index contributed by atoms with van der Waals surface area (Å²) in [7, 11) is 3.46. The Labute approximate surface area is 146 Å². The maximum absolute atomic E-state index is 12.6. The molecule has 0 spiro atoms. The Morgan fingerprint density at radius 3 is 2.33 bits per heavy atom. The zero-order chi connectivity index (χ0) is 17.5. The molecule has 6 heteroatoms. The molecule has 1 atom stereocenters. The van der Waals surface area contributed by atoms with E-state index in [1.807, 2.05) is 54.6 Å². The van der Waals surface area contributed by atoms with Crippen molar-refractivity contribution in [2.24, 2.45) is 5.73 Å². The molecule has 0 saturated carbocycles. The number of para-hydroxylation sites is 1. The highest BCUT2D eigenvalue weighted by atomic mass is 32.2. The van der Waals surface area contributed by atoms with Crippen LogP contribution in [0.15, 0.2) is 59.5 Å². The summed E-state index contributed by atoms with van der Waals surface area (Å²) in [6.07, 6.45) is 0. The number of likely N-dealkylation sites (N-methyl/N-ethyl adjacent to an activating group) is 1. The number of primary amides is 1. The zero-order valence-corrected chi connectivity index (χ0v) is 14.5. The first-order chi connectivity index (χ1) is 11.5. The number of rotatable bonds is 7. The third-order valence-electron chi connectivity index (χ3n) is 3.38. The van der Waals surface area contributed by atoms with Crippen molar-refractivity contribution >= 4 is 29.3 Å². The number of carbonyl (C=O) groups excluding carboxylic acids is 2. The number of anilines is 1. The predicted molar refractivity (Wildman–Crippen MR) is 97.9 cm³/mol. The highest BCUT2D eigenvalue weighted by Gasteiger charge is 2.23. The van der Waals surface area contributed by atoms with Gasteiger partial charge >= 0.3 is 0 Å². The quantitative estimate of drug-likeness (QED) is 0.758. The van der Waals surface area contributed by atoms with E-state index >= 15 is 0 Å². The number of nitrogens with two attached hydrogens (primary N) is 1. The van der Waals surface area contributed by atoms with Crippen LogP contribution in [0.25, 0.3) is 0 Å². The topological polar surface area (TPSA) is 75.4 Å². The monoisotopic (exact) mass is 343 g/mol. The maximum Gasteiger partial charge on any atom is 0.249 e. The molecule has 0 aliphatic rings. The molecule has 5 nitrogen and oxygen atoms in total. The van der Waals surface area contributed by atoms with E-state index in [9.17, 15) is 9.59 Å². The van der Waals surface area contributed by atoms with E-state index in [1.54, 1.807) is 19.0 Å². The molecule has 2 aromatic carbocycles. The van der Waals surface area contributed by atoms with Gasteiger partial charge in [0.1, 0.15) is 6.04 Å². The average Bonchev–Trinajstić information content (AvgIpc) is 2.58. The molecule has 3 N–H and O–H groups in total. The minimum absolute atomic E-state index is 0.0455. The van der Waals surface area contributed by atoms with Crippen LogP contribution >= 0.6 is 11.8 Å². The number of nitrogens with one attached hydrogen (secondary N) is 1. The van der Waals surface area contributed by atoms with Crippen LogP contribution in [0.1, 0.15) is 11.6 Å². The molecule has 2 rings (SSSR count). The van der Waals surface area contributed by atoms with Crippen LogP contribution in [-0.2, 0) is 9.59 Å². The van der Waals surface area contributed by atoms with Crippen molar-refractivity contribution in [3.8, 4) is 0 Å². The first-order valence-corrected chi connectivity index (χ1v) is 8.50. The summed E-state index contributed by atoms with van der Waals surface area (Å²) in [6, 6.07) is 16.6. The summed E-state index contributed by atoms with van der Waals surface area (Å²) in [6.45, 7) is 0. The second kappa shape index (κ2) is 8.40. The molecule has 0 unspecified atom stereocenters. The Kier molecular flexibility index (Phi) is 6.26. The van der Waals surface area contributed by atoms with E-state index in [1.165, 1.54) is 11.8 Å². The van der Waals surface area contributed by atoms with Crippen LogP contribution in [-0.4, -0.2) is 36.6 Å². The van der Waals surface area contributed by atoms with Crippen molar-refractivity contribution in [2.75, 3.05) is 25.2 Å². The second-order valence-electron chi connectivity index (χ2n) is 5.47. The summed E-state index contributed by atoms with van der Waals surface area (Å²) in [5, 5.41) is 3.30. The Morgan fingerprint density at radius 2 is 1.71 bits per heavy atom. The largest absolute Gasteiger partial charge is 0.369 e. The van der Waals surface area contributed by atoms with Crippen LogP contribution in [0, 0.1) is 0 Å². The van der Waals surface area contributed by atoms with Crippen LogP contribution in [0.5, 0.6) is 0 Å². The Hall–Kier alpha value is -2.47. The van der Waals surface area contributed by atoms with Crippen molar-refractivity contribution in [3.05, 3.63) is 60.2 Å². The fourth-order valence-electron chi connectivity index (χ4n) is 2.21. The van der Waals surface area contributed by atoms with Gasteiger partial charge in [0.25, 0.3) is 0 Å². The number of amides is 2. The summed E-state index contributed by atoms with van der Waals surface area (Å²) in [5.74, 6) is -0.231. The third-order valence-corrected chi connectivity index (χ3v) is 4.47. The zero-order valence-electron chi connectivity index (χ0n) is 13.7. The average molecular weight is 343 g/mol. The van der Waals surface area contributed by atoms with Crippen LogP contribution in [0.2, 0.25) is 0 Å². The molecule has 24 heavy (non-hydrogen) atoms. The van der Waals surface area contributed by atoms with Gasteiger partial charge in [0.2, 0.25) is 11.8 Å². The standard InChI is InChI=1S/C18H21N3O2S/c1-21(2)18(23)17(13-8-4-3-5-9-13)20-14-10-6-7-11-15(14)24-12-16(19)22/h3-11,17,20H,12H2,1-2H3,(H2,19,22)/t17-/m0/s1. The second-order valence-corrected chi connectivity index (χ2v) is 6.49. The molecule has 0 saturated heterocycles. The van der Waals surface area contributed by atoms with Crippen molar-refractivity contribution < 1.29 is 9.59 Å². The maximum atomic E-state index is 12.6. The van der Waals surface area contributed by atoms with Gasteiger partial charge in [-0.2, -0.15) is 0 Å². The number of thioether (sulfide) groups is 1. The molecule has 2 aromatic rings. The fraction of sp³-hybridized carbons (Fsp3) is 0.222. The van der Waals surface area contributed by atoms with E-state index in [-0.39, 0.29) is 17.6 Å². The SMILES string of the molecule is CN(C)C(=O)[C@@H](Nc1ccccc1SCC(N)=O)c1ccccc1. The smallest absolute Gasteiger partial charge is 0.249 e. The van der Waals surface area contributed by atoms with E-state index in [0.717, 1.165) is 16.1 Å². The van der Waals surface area contributed by atoms with E-state index in [0.29, 0.717) is 0 Å². The first kappa shape index (κ1) is 17.9. The number of hydrogen-bond donors (Lipinski definition) is 2. The molecular weight excluding hydrogens is 322 g/mol. The van der Waals surface area contributed by atoms with Crippen molar-refractivity contribution in [1.82, 2.24) is 4.90 Å². The lowest BCUT2D eigenvalue weighted by molar-refractivity contribution is -0.129. The molecule has 0 aliphatic heterocycles. The molecule has 0 fully saturated rings. The van der Waals surface area contributed by atoms with Gasteiger partial charge < -0.3 is 16.0 Å². The molecule has 0 bridgehead atoms. The van der Waals surface area contributed by atoms with Gasteiger partial charge in [-0.25, -0.2) is 0 Å². The van der Waals surface area contributed by atoms with Gasteiger partial charge in [-0.3, -0.25) is 9.59 Å². The number of hydrogen-bond acceptors (Lipinski definition) is 4. The minimum Gasteiger partial charge on any atom is -0.369 e. The van der Waals surface area contributed by atoms with E-state index < -0.39 is 6.04 Å². The van der Waals surface area contributed by atoms with Gasteiger partial charge in [0, 0.05) is 24.7 Å². The lowest BCUT2D eigenvalue weighted by Gasteiger charge is -2.24. The molecule has 0 heterocycles. The van der Waals surface area contributed by atoms with Crippen molar-refractivity contribution in [3.63, 3.8) is 0 Å². The summed E-state index contributed by atoms with van der Waals surface area (Å²) in [4.78, 5) is 26.1. The molecule has 0 aromatic heterocycles. The van der Waals surface area contributed by atoms with Crippen molar-refractivity contribution in [2.45, 2.75) is 10.9 Å². The van der Waals surface area contributed by atoms with E-state index in [4.69, 9.17) is 5.73 Å².